The minimum Gasteiger partial charge on any atom is -0.381 e. The van der Waals surface area contributed by atoms with Gasteiger partial charge in [-0.2, -0.15) is 0 Å². The quantitative estimate of drug-likeness (QED) is 0.431. The molecule has 0 aromatic carbocycles. The standard InChI is InChI=1S/C16H35OP/c1-5-8-11-16(12-9-6-2,13-10-7-3)15(14-18)17-4/h15H,5-14,18H2,1-4H3. The molecule has 0 amide bonds. The van der Waals surface area contributed by atoms with E-state index >= 15 is 0 Å². The molecular formula is C16H35OP. The van der Waals surface area contributed by atoms with E-state index in [4.69, 9.17) is 4.74 Å². The molecule has 0 N–H and O–H groups in total. The highest BCUT2D eigenvalue weighted by Crippen LogP contribution is 2.41. The van der Waals surface area contributed by atoms with Crippen molar-refractivity contribution in [1.82, 2.24) is 0 Å². The molecule has 0 aromatic heterocycles. The maximum absolute atomic E-state index is 5.84. The van der Waals surface area contributed by atoms with Gasteiger partial charge in [0.1, 0.15) is 0 Å². The van der Waals surface area contributed by atoms with Gasteiger partial charge in [-0.3, -0.25) is 0 Å². The van der Waals surface area contributed by atoms with Crippen LogP contribution in [0, 0.1) is 5.41 Å². The summed E-state index contributed by atoms with van der Waals surface area (Å²) in [5.41, 5.74) is 0.429. The molecule has 0 saturated carbocycles. The summed E-state index contributed by atoms with van der Waals surface area (Å²) in [5, 5.41) is 0. The van der Waals surface area contributed by atoms with Gasteiger partial charge < -0.3 is 4.74 Å². The van der Waals surface area contributed by atoms with Gasteiger partial charge in [-0.05, 0) is 30.8 Å². The smallest absolute Gasteiger partial charge is 0.0661 e. The molecule has 0 fully saturated rings. The van der Waals surface area contributed by atoms with Gasteiger partial charge in [0, 0.05) is 7.11 Å². The van der Waals surface area contributed by atoms with Crippen molar-refractivity contribution in [3.8, 4) is 0 Å². The van der Waals surface area contributed by atoms with Crippen molar-refractivity contribution in [2.24, 2.45) is 5.41 Å². The van der Waals surface area contributed by atoms with Crippen LogP contribution in [0.2, 0.25) is 0 Å². The molecule has 0 saturated heterocycles. The summed E-state index contributed by atoms with van der Waals surface area (Å²) in [4.78, 5) is 0. The fraction of sp³-hybridized carbons (Fsp3) is 1.00. The van der Waals surface area contributed by atoms with Gasteiger partial charge in [0.25, 0.3) is 0 Å². The van der Waals surface area contributed by atoms with Crippen LogP contribution in [-0.4, -0.2) is 19.4 Å². The lowest BCUT2D eigenvalue weighted by Crippen LogP contribution is -2.38. The van der Waals surface area contributed by atoms with Crippen LogP contribution in [0.1, 0.15) is 78.6 Å². The van der Waals surface area contributed by atoms with Crippen LogP contribution >= 0.6 is 9.24 Å². The Bertz CT molecular complexity index is 156. The molecule has 0 aromatic rings. The second-order valence-corrected chi connectivity index (χ2v) is 6.10. The van der Waals surface area contributed by atoms with Crippen LogP contribution < -0.4 is 0 Å². The predicted octanol–water partition coefficient (Wildman–Crippen LogP) is 5.43. The van der Waals surface area contributed by atoms with Crippen molar-refractivity contribution in [2.45, 2.75) is 84.7 Å². The largest absolute Gasteiger partial charge is 0.381 e. The van der Waals surface area contributed by atoms with Gasteiger partial charge in [-0.15, -0.1) is 9.24 Å². The highest BCUT2D eigenvalue weighted by atomic mass is 31.0. The van der Waals surface area contributed by atoms with Gasteiger partial charge in [0.2, 0.25) is 0 Å². The van der Waals surface area contributed by atoms with E-state index < -0.39 is 0 Å². The number of unbranched alkanes of at least 4 members (excludes halogenated alkanes) is 3. The van der Waals surface area contributed by atoms with Crippen molar-refractivity contribution in [3.63, 3.8) is 0 Å². The third-order valence-electron chi connectivity index (χ3n) is 4.27. The van der Waals surface area contributed by atoms with Crippen LogP contribution in [0.5, 0.6) is 0 Å². The van der Waals surface area contributed by atoms with Crippen LogP contribution in [-0.2, 0) is 4.74 Å². The fourth-order valence-corrected chi connectivity index (χ4v) is 3.73. The fourth-order valence-electron chi connectivity index (χ4n) is 3.04. The van der Waals surface area contributed by atoms with Crippen molar-refractivity contribution < 1.29 is 4.74 Å². The molecule has 0 spiro atoms. The first kappa shape index (κ1) is 18.4. The molecule has 0 radical (unpaired) electrons. The molecule has 1 nitrogen and oxygen atoms in total. The molecule has 0 bridgehead atoms. The van der Waals surface area contributed by atoms with Crippen LogP contribution in [0.25, 0.3) is 0 Å². The Morgan fingerprint density at radius 2 is 1.28 bits per heavy atom. The molecule has 2 heteroatoms. The van der Waals surface area contributed by atoms with E-state index in [1.54, 1.807) is 0 Å². The molecule has 2 atom stereocenters. The van der Waals surface area contributed by atoms with E-state index in [2.05, 4.69) is 30.0 Å². The third kappa shape index (κ3) is 6.02. The molecule has 0 aliphatic heterocycles. The number of hydrogen-bond acceptors (Lipinski definition) is 1. The Morgan fingerprint density at radius 1 is 0.889 bits per heavy atom. The van der Waals surface area contributed by atoms with Crippen molar-refractivity contribution in [2.75, 3.05) is 13.3 Å². The normalized spacial score (nSPS) is 13.8. The SMILES string of the molecule is CCCCC(CCCC)(CCCC)C(CP)OC. The summed E-state index contributed by atoms with van der Waals surface area (Å²) in [5.74, 6) is 0. The zero-order chi connectivity index (χ0) is 13.9. The summed E-state index contributed by atoms with van der Waals surface area (Å²) in [6, 6.07) is 0. The van der Waals surface area contributed by atoms with Gasteiger partial charge >= 0.3 is 0 Å². The average molecular weight is 274 g/mol. The first-order valence-electron chi connectivity index (χ1n) is 7.93. The minimum absolute atomic E-state index is 0.423. The molecule has 0 heterocycles. The Hall–Kier alpha value is 0.390. The monoisotopic (exact) mass is 274 g/mol. The number of rotatable bonds is 12. The second kappa shape index (κ2) is 11.2. The maximum Gasteiger partial charge on any atom is 0.0661 e. The Morgan fingerprint density at radius 3 is 1.50 bits per heavy atom. The molecule has 2 unspecified atom stereocenters. The zero-order valence-electron chi connectivity index (χ0n) is 13.1. The van der Waals surface area contributed by atoms with Crippen molar-refractivity contribution >= 4 is 9.24 Å². The Labute approximate surface area is 118 Å². The van der Waals surface area contributed by atoms with Gasteiger partial charge in [-0.25, -0.2) is 0 Å². The zero-order valence-corrected chi connectivity index (χ0v) is 14.3. The third-order valence-corrected chi connectivity index (χ3v) is 4.69. The molecule has 18 heavy (non-hydrogen) atoms. The first-order chi connectivity index (χ1) is 8.70. The van der Waals surface area contributed by atoms with Crippen LogP contribution in [0.3, 0.4) is 0 Å². The summed E-state index contributed by atoms with van der Waals surface area (Å²) >= 11 is 0. The number of ether oxygens (including phenoxy) is 1. The minimum atomic E-state index is 0.423. The Balaban J connectivity index is 4.82. The molecular weight excluding hydrogens is 239 g/mol. The lowest BCUT2D eigenvalue weighted by atomic mass is 9.70. The predicted molar refractivity (Wildman–Crippen MR) is 86.4 cm³/mol. The van der Waals surface area contributed by atoms with E-state index in [1.807, 2.05) is 7.11 Å². The van der Waals surface area contributed by atoms with E-state index in [-0.39, 0.29) is 0 Å². The summed E-state index contributed by atoms with van der Waals surface area (Å²) in [6.45, 7) is 6.90. The van der Waals surface area contributed by atoms with Crippen molar-refractivity contribution in [3.05, 3.63) is 0 Å². The lowest BCUT2D eigenvalue weighted by Gasteiger charge is -2.40. The molecule has 0 aliphatic rings. The second-order valence-electron chi connectivity index (χ2n) is 5.63. The topological polar surface area (TPSA) is 9.23 Å². The summed E-state index contributed by atoms with van der Waals surface area (Å²) in [6.07, 6.45) is 13.5. The number of methoxy groups -OCH3 is 1. The van der Waals surface area contributed by atoms with Crippen molar-refractivity contribution in [1.29, 1.82) is 0 Å². The van der Waals surface area contributed by atoms with E-state index in [1.165, 1.54) is 57.8 Å². The van der Waals surface area contributed by atoms with Crippen LogP contribution in [0.4, 0.5) is 0 Å². The summed E-state index contributed by atoms with van der Waals surface area (Å²) < 4.78 is 5.84. The van der Waals surface area contributed by atoms with Crippen LogP contribution in [0.15, 0.2) is 0 Å². The summed E-state index contributed by atoms with van der Waals surface area (Å²) in [7, 11) is 4.79. The molecule has 0 rings (SSSR count). The highest BCUT2D eigenvalue weighted by molar-refractivity contribution is 7.16. The lowest BCUT2D eigenvalue weighted by molar-refractivity contribution is -0.0177. The van der Waals surface area contributed by atoms with Gasteiger partial charge in [0.05, 0.1) is 6.10 Å². The Kier molecular flexibility index (Phi) is 11.5. The van der Waals surface area contributed by atoms with E-state index in [9.17, 15) is 0 Å². The number of hydrogen-bond donors (Lipinski definition) is 0. The first-order valence-corrected chi connectivity index (χ1v) is 8.75. The average Bonchev–Trinajstić information content (AvgIpc) is 2.41. The molecule has 0 aliphatic carbocycles. The van der Waals surface area contributed by atoms with E-state index in [0.29, 0.717) is 11.5 Å². The van der Waals surface area contributed by atoms with E-state index in [0.717, 1.165) is 6.16 Å². The van der Waals surface area contributed by atoms with Gasteiger partial charge in [-0.1, -0.05) is 59.3 Å². The maximum atomic E-state index is 5.84. The van der Waals surface area contributed by atoms with Gasteiger partial charge in [0.15, 0.2) is 0 Å². The molecule has 110 valence electrons. The highest BCUT2D eigenvalue weighted by Gasteiger charge is 2.36.